The van der Waals surface area contributed by atoms with Crippen LogP contribution in [0.4, 0.5) is 0 Å². The van der Waals surface area contributed by atoms with E-state index in [2.05, 4.69) is 21.3 Å². The molecule has 11 amide bonds. The van der Waals surface area contributed by atoms with Crippen molar-refractivity contribution in [2.24, 2.45) is 41.4 Å². The van der Waals surface area contributed by atoms with Crippen LogP contribution in [0.5, 0.6) is 0 Å². The fourth-order valence-corrected chi connectivity index (χ4v) is 11.0. The molecule has 0 aliphatic carbocycles. The third-order valence-corrected chi connectivity index (χ3v) is 16.5. The first-order valence-corrected chi connectivity index (χ1v) is 31.7. The molecule has 90 heavy (non-hydrogen) atoms. The van der Waals surface area contributed by atoms with E-state index in [9.17, 15) is 58.2 Å². The second kappa shape index (κ2) is 38.5. The lowest BCUT2D eigenvalue weighted by molar-refractivity contribution is -0.157. The van der Waals surface area contributed by atoms with Crippen molar-refractivity contribution in [3.05, 3.63) is 12.2 Å². The van der Waals surface area contributed by atoms with Crippen molar-refractivity contribution in [1.82, 2.24) is 55.6 Å². The van der Waals surface area contributed by atoms with Gasteiger partial charge in [-0.05, 0) is 100 Å². The quantitative estimate of drug-likeness (QED) is 0.107. The summed E-state index contributed by atoms with van der Waals surface area (Å²) in [5.74, 6) is -11.4. The number of aliphatic carboxylic acids is 1. The Morgan fingerprint density at radius 3 is 1.37 bits per heavy atom. The molecular weight excluding hydrogens is 1180 g/mol. The Kier molecular flexibility index (Phi) is 35.8. The molecule has 0 aromatic rings. The predicted molar refractivity (Wildman–Crippen MR) is 350 cm³/mol. The van der Waals surface area contributed by atoms with Gasteiger partial charge in [0.15, 0.2) is 0 Å². The standard InChI is InChI=1S/C64H113N11O14.H2S/c1-24-44-60(85)69(17)34-49(76)70(18)45(30-35(2)3)57(82)68-51(39(10)11)63(88)71(19)46(31-36(4)5)56(81)65-42(15)55(80)66-43(16)59(84)72(20)47(32-37(6)7)61(86)73(21)48(33-38(8)9)62(87)74(22)52(40(12)13)64(89)75(23)53(58(83)67-44)54(79)41(14)28-26-25-27-29-50(77)78;/h25-26,35-48,51-54,79H,24,27-34H2,1-23H3,(H,65,81)(H,66,80)(H,67,83)(H,68,82)(H,77,78);1H2/b26-25+;/t41-,42+,43-,44+,45?,46+,47-,48+,51+,52+,53?,54-;/m1./s1. The second-order valence-electron chi connectivity index (χ2n) is 26.9. The van der Waals surface area contributed by atoms with Gasteiger partial charge >= 0.3 is 5.97 Å². The summed E-state index contributed by atoms with van der Waals surface area (Å²) in [5, 5.41) is 32.3. The molecule has 1 heterocycles. The zero-order valence-corrected chi connectivity index (χ0v) is 59.3. The number of nitrogens with zero attached hydrogens (tertiary/aromatic N) is 7. The van der Waals surface area contributed by atoms with Gasteiger partial charge in [0.05, 0.1) is 12.6 Å². The Morgan fingerprint density at radius 2 is 0.911 bits per heavy atom. The summed E-state index contributed by atoms with van der Waals surface area (Å²) in [7, 11) is 9.74. The fraction of sp³-hybridized carbons (Fsp3) is 0.781. The topological polar surface area (TPSA) is 316 Å². The molecule has 0 bridgehead atoms. The van der Waals surface area contributed by atoms with E-state index in [1.807, 2.05) is 55.4 Å². The van der Waals surface area contributed by atoms with E-state index in [4.69, 9.17) is 0 Å². The van der Waals surface area contributed by atoms with Gasteiger partial charge in [-0.25, -0.2) is 0 Å². The minimum Gasteiger partial charge on any atom is -0.481 e. The van der Waals surface area contributed by atoms with Crippen LogP contribution >= 0.6 is 13.5 Å². The van der Waals surface area contributed by atoms with Crippen LogP contribution in [0, 0.1) is 41.4 Å². The highest BCUT2D eigenvalue weighted by molar-refractivity contribution is 7.59. The van der Waals surface area contributed by atoms with Crippen LogP contribution in [0.3, 0.4) is 0 Å². The zero-order valence-electron chi connectivity index (χ0n) is 58.3. The first-order chi connectivity index (χ1) is 41.1. The van der Waals surface area contributed by atoms with Gasteiger partial charge in [0, 0.05) is 55.8 Å². The van der Waals surface area contributed by atoms with Crippen molar-refractivity contribution in [2.75, 3.05) is 55.9 Å². The molecule has 0 saturated carbocycles. The van der Waals surface area contributed by atoms with E-state index in [1.54, 1.807) is 53.7 Å². The molecule has 516 valence electrons. The minimum absolute atomic E-state index is 0. The molecule has 2 unspecified atom stereocenters. The largest absolute Gasteiger partial charge is 0.481 e. The molecule has 0 spiro atoms. The molecular formula is C64H115N11O14S. The first kappa shape index (κ1) is 83.7. The number of amides is 11. The number of rotatable bonds is 18. The number of hydrogen-bond donors (Lipinski definition) is 6. The van der Waals surface area contributed by atoms with E-state index in [0.29, 0.717) is 0 Å². The van der Waals surface area contributed by atoms with Gasteiger partial charge in [-0.3, -0.25) is 57.5 Å². The molecule has 1 aliphatic heterocycles. The third kappa shape index (κ3) is 24.4. The lowest BCUT2D eigenvalue weighted by Crippen LogP contribution is -2.63. The van der Waals surface area contributed by atoms with Crippen molar-refractivity contribution in [3.8, 4) is 0 Å². The molecule has 1 saturated heterocycles. The minimum atomic E-state index is -1.71. The van der Waals surface area contributed by atoms with Crippen LogP contribution < -0.4 is 21.3 Å². The molecule has 1 fully saturated rings. The van der Waals surface area contributed by atoms with Gasteiger partial charge in [0.25, 0.3) is 0 Å². The molecule has 26 heteroatoms. The van der Waals surface area contributed by atoms with E-state index in [0.717, 1.165) is 9.80 Å². The number of carbonyl (C=O) groups excluding carboxylic acids is 11. The molecule has 12 atom stereocenters. The molecule has 0 radical (unpaired) electrons. The smallest absolute Gasteiger partial charge is 0.303 e. The van der Waals surface area contributed by atoms with Gasteiger partial charge in [-0.1, -0.05) is 109 Å². The van der Waals surface area contributed by atoms with Crippen LogP contribution in [0.1, 0.15) is 162 Å². The number of allylic oxidation sites excluding steroid dienone is 2. The SMILES string of the molecule is CC[C@@H]1NC(=O)C([C@H](O)[C@H](C)C/C=C/CCC(=O)O)N(C)C(=O)[C@H](C(C)C)N(C)C(=O)[C@H](CC(C)C)N(C)C(=O)[C@@H](CC(C)C)N(C)C(=O)[C@@H](C)NC(=O)[C@H](C)NC(=O)[C@H](CC(C)C)N(C)C(=O)[C@H](C(C)C)NC(=O)C(CC(C)C)N(C)C(=O)CN(C)C1=O.S. The Labute approximate surface area is 543 Å². The average Bonchev–Trinajstić information content (AvgIpc) is 0.841. The lowest BCUT2D eigenvalue weighted by atomic mass is 9.91. The summed E-state index contributed by atoms with van der Waals surface area (Å²) in [5.41, 5.74) is 0. The van der Waals surface area contributed by atoms with Crippen LogP contribution in [-0.2, 0) is 57.5 Å². The molecule has 1 rings (SSSR count). The normalized spacial score (nSPS) is 25.9. The molecule has 0 aromatic carbocycles. The maximum Gasteiger partial charge on any atom is 0.303 e. The van der Waals surface area contributed by atoms with Crippen molar-refractivity contribution in [1.29, 1.82) is 0 Å². The van der Waals surface area contributed by atoms with Gasteiger partial charge in [0.2, 0.25) is 65.0 Å². The first-order valence-electron chi connectivity index (χ1n) is 31.7. The summed E-state index contributed by atoms with van der Waals surface area (Å²) >= 11 is 0. The van der Waals surface area contributed by atoms with Gasteiger partial charge in [-0.15, -0.1) is 0 Å². The number of nitrogens with one attached hydrogen (secondary N) is 4. The van der Waals surface area contributed by atoms with E-state index in [1.165, 1.54) is 87.7 Å². The number of carboxylic acids is 1. The highest BCUT2D eigenvalue weighted by atomic mass is 32.1. The van der Waals surface area contributed by atoms with Crippen molar-refractivity contribution in [2.45, 2.75) is 229 Å². The van der Waals surface area contributed by atoms with Crippen molar-refractivity contribution < 1.29 is 67.7 Å². The number of aliphatic hydroxyl groups excluding tert-OH is 1. The lowest BCUT2D eigenvalue weighted by Gasteiger charge is -2.41. The number of hydrogen-bond acceptors (Lipinski definition) is 13. The van der Waals surface area contributed by atoms with Crippen molar-refractivity contribution >= 4 is 84.4 Å². The maximum absolute atomic E-state index is 15.2. The summed E-state index contributed by atoms with van der Waals surface area (Å²) < 4.78 is 0. The van der Waals surface area contributed by atoms with E-state index < -0.39 is 162 Å². The van der Waals surface area contributed by atoms with Crippen LogP contribution in [-0.4, -0.2) is 238 Å². The monoisotopic (exact) mass is 1290 g/mol. The van der Waals surface area contributed by atoms with E-state index in [-0.39, 0.29) is 88.5 Å². The second-order valence-corrected chi connectivity index (χ2v) is 26.9. The zero-order chi connectivity index (χ0) is 69.0. The fourth-order valence-electron chi connectivity index (χ4n) is 11.0. The maximum atomic E-state index is 15.2. The summed E-state index contributed by atoms with van der Waals surface area (Å²) in [6, 6.07) is -12.7. The Hall–Kier alpha value is -6.31. The number of carbonyl (C=O) groups is 12. The predicted octanol–water partition coefficient (Wildman–Crippen LogP) is 3.23. The number of aliphatic hydroxyl groups is 1. The van der Waals surface area contributed by atoms with Crippen LogP contribution in [0.15, 0.2) is 12.2 Å². The molecule has 0 aromatic heterocycles. The number of likely N-dealkylation sites (N-methyl/N-ethyl adjacent to an activating group) is 7. The Morgan fingerprint density at radius 1 is 0.489 bits per heavy atom. The Balaban J connectivity index is 0.0000792. The molecule has 1 aliphatic rings. The number of carboxylic acid groups (broad SMARTS) is 1. The Bertz CT molecular complexity index is 2480. The van der Waals surface area contributed by atoms with Crippen LogP contribution in [0.2, 0.25) is 0 Å². The van der Waals surface area contributed by atoms with E-state index >= 15 is 9.59 Å². The molecule has 25 nitrogen and oxygen atoms in total. The average molecular weight is 1290 g/mol. The van der Waals surface area contributed by atoms with Crippen molar-refractivity contribution in [3.63, 3.8) is 0 Å². The van der Waals surface area contributed by atoms with Gasteiger partial charge < -0.3 is 65.8 Å². The summed E-state index contributed by atoms with van der Waals surface area (Å²) in [6.45, 7) is 27.1. The highest BCUT2D eigenvalue weighted by Gasteiger charge is 2.46. The molecule has 6 N–H and O–H groups in total. The summed E-state index contributed by atoms with van der Waals surface area (Å²) in [4.78, 5) is 180. The van der Waals surface area contributed by atoms with Crippen LogP contribution in [0.25, 0.3) is 0 Å². The highest BCUT2D eigenvalue weighted by Crippen LogP contribution is 2.26. The summed E-state index contributed by atoms with van der Waals surface area (Å²) in [6.07, 6.45) is 2.34. The third-order valence-electron chi connectivity index (χ3n) is 16.5. The van der Waals surface area contributed by atoms with Gasteiger partial charge in [-0.2, -0.15) is 13.5 Å². The van der Waals surface area contributed by atoms with Gasteiger partial charge in [0.1, 0.15) is 60.4 Å².